The lowest BCUT2D eigenvalue weighted by Crippen LogP contribution is -2.44. The minimum absolute atomic E-state index is 0.477. The monoisotopic (exact) mass is 225 g/mol. The maximum absolute atomic E-state index is 5.82. The molecule has 1 saturated carbocycles. The van der Waals surface area contributed by atoms with Gasteiger partial charge in [-0.15, -0.1) is 0 Å². The standard InChI is InChI=1S/C14H27NO/c1-10(2)14-9-13(6-7-16-14)15-12-5-4-11(3)8-12/h10-15H,4-9H2,1-3H3. The molecule has 2 heteroatoms. The molecule has 0 aromatic rings. The van der Waals surface area contributed by atoms with Crippen LogP contribution in [0.4, 0.5) is 0 Å². The van der Waals surface area contributed by atoms with Crippen molar-refractivity contribution in [2.75, 3.05) is 6.61 Å². The molecule has 2 nitrogen and oxygen atoms in total. The van der Waals surface area contributed by atoms with Crippen molar-refractivity contribution in [1.29, 1.82) is 0 Å². The summed E-state index contributed by atoms with van der Waals surface area (Å²) < 4.78 is 5.82. The van der Waals surface area contributed by atoms with E-state index in [0.717, 1.165) is 18.6 Å². The number of hydrogen-bond donors (Lipinski definition) is 1. The Balaban J connectivity index is 1.77. The molecule has 2 fully saturated rings. The maximum atomic E-state index is 5.82. The lowest BCUT2D eigenvalue weighted by atomic mass is 9.94. The minimum Gasteiger partial charge on any atom is -0.378 e. The normalized spacial score (nSPS) is 40.5. The van der Waals surface area contributed by atoms with Gasteiger partial charge in [0.05, 0.1) is 6.10 Å². The summed E-state index contributed by atoms with van der Waals surface area (Å²) in [6.45, 7) is 7.86. The van der Waals surface area contributed by atoms with Gasteiger partial charge in [-0.2, -0.15) is 0 Å². The molecule has 4 atom stereocenters. The fourth-order valence-electron chi connectivity index (χ4n) is 3.14. The predicted octanol–water partition coefficient (Wildman–Crippen LogP) is 2.97. The summed E-state index contributed by atoms with van der Waals surface area (Å²) in [7, 11) is 0. The maximum Gasteiger partial charge on any atom is 0.0612 e. The van der Waals surface area contributed by atoms with Gasteiger partial charge in [0.2, 0.25) is 0 Å². The minimum atomic E-state index is 0.477. The lowest BCUT2D eigenvalue weighted by molar-refractivity contribution is -0.0258. The van der Waals surface area contributed by atoms with Crippen LogP contribution in [0.1, 0.15) is 52.9 Å². The fourth-order valence-corrected chi connectivity index (χ4v) is 3.14. The highest BCUT2D eigenvalue weighted by molar-refractivity contribution is 4.85. The Kier molecular flexibility index (Phi) is 4.26. The van der Waals surface area contributed by atoms with Crippen molar-refractivity contribution in [3.63, 3.8) is 0 Å². The Morgan fingerprint density at radius 2 is 1.81 bits per heavy atom. The van der Waals surface area contributed by atoms with Crippen LogP contribution in [0, 0.1) is 11.8 Å². The molecule has 1 saturated heterocycles. The summed E-state index contributed by atoms with van der Waals surface area (Å²) >= 11 is 0. The molecule has 0 aromatic heterocycles. The van der Waals surface area contributed by atoms with Crippen molar-refractivity contribution < 1.29 is 4.74 Å². The molecule has 2 rings (SSSR count). The molecule has 1 N–H and O–H groups in total. The second-order valence-electron chi connectivity index (χ2n) is 6.16. The van der Waals surface area contributed by atoms with Crippen molar-refractivity contribution in [2.24, 2.45) is 11.8 Å². The van der Waals surface area contributed by atoms with Gasteiger partial charge in [-0.3, -0.25) is 0 Å². The van der Waals surface area contributed by atoms with Gasteiger partial charge >= 0.3 is 0 Å². The van der Waals surface area contributed by atoms with Crippen molar-refractivity contribution in [3.05, 3.63) is 0 Å². The van der Waals surface area contributed by atoms with Gasteiger partial charge in [0.15, 0.2) is 0 Å². The van der Waals surface area contributed by atoms with Gasteiger partial charge in [-0.05, 0) is 43.9 Å². The number of hydrogen-bond acceptors (Lipinski definition) is 2. The van der Waals surface area contributed by atoms with Crippen LogP contribution in [0.15, 0.2) is 0 Å². The second-order valence-corrected chi connectivity index (χ2v) is 6.16. The molecule has 0 radical (unpaired) electrons. The summed E-state index contributed by atoms with van der Waals surface area (Å²) in [4.78, 5) is 0. The van der Waals surface area contributed by atoms with E-state index < -0.39 is 0 Å². The van der Waals surface area contributed by atoms with Gasteiger partial charge in [-0.25, -0.2) is 0 Å². The summed E-state index contributed by atoms with van der Waals surface area (Å²) in [5, 5.41) is 3.85. The Hall–Kier alpha value is -0.0800. The molecular weight excluding hydrogens is 198 g/mol. The first kappa shape index (κ1) is 12.4. The van der Waals surface area contributed by atoms with Crippen LogP contribution in [0.5, 0.6) is 0 Å². The Morgan fingerprint density at radius 1 is 1.06 bits per heavy atom. The van der Waals surface area contributed by atoms with Gasteiger partial charge in [0.25, 0.3) is 0 Å². The van der Waals surface area contributed by atoms with Crippen molar-refractivity contribution in [1.82, 2.24) is 5.32 Å². The Labute approximate surface area is 100 Å². The third kappa shape index (κ3) is 3.21. The predicted molar refractivity (Wildman–Crippen MR) is 67.5 cm³/mol. The van der Waals surface area contributed by atoms with Crippen LogP contribution in [0.3, 0.4) is 0 Å². The second kappa shape index (κ2) is 5.50. The molecule has 1 aliphatic heterocycles. The fraction of sp³-hybridized carbons (Fsp3) is 1.00. The van der Waals surface area contributed by atoms with E-state index in [9.17, 15) is 0 Å². The van der Waals surface area contributed by atoms with E-state index in [1.807, 2.05) is 0 Å². The average Bonchev–Trinajstić information content (AvgIpc) is 2.64. The summed E-state index contributed by atoms with van der Waals surface area (Å²) in [5.41, 5.74) is 0. The van der Waals surface area contributed by atoms with Crippen LogP contribution in [-0.2, 0) is 4.74 Å². The van der Waals surface area contributed by atoms with Crippen LogP contribution < -0.4 is 5.32 Å². The van der Waals surface area contributed by atoms with Crippen LogP contribution in [0.2, 0.25) is 0 Å². The molecule has 0 bridgehead atoms. The van der Waals surface area contributed by atoms with E-state index in [1.165, 1.54) is 32.1 Å². The largest absolute Gasteiger partial charge is 0.378 e. The molecule has 1 aliphatic carbocycles. The summed E-state index contributed by atoms with van der Waals surface area (Å²) in [6, 6.07) is 1.49. The van der Waals surface area contributed by atoms with Gasteiger partial charge in [0, 0.05) is 18.7 Å². The molecule has 94 valence electrons. The summed E-state index contributed by atoms with van der Waals surface area (Å²) in [5.74, 6) is 1.59. The highest BCUT2D eigenvalue weighted by atomic mass is 16.5. The molecule has 16 heavy (non-hydrogen) atoms. The first-order valence-electron chi connectivity index (χ1n) is 7.02. The van der Waals surface area contributed by atoms with Gasteiger partial charge in [-0.1, -0.05) is 20.8 Å². The van der Waals surface area contributed by atoms with Crippen LogP contribution >= 0.6 is 0 Å². The Bertz CT molecular complexity index is 217. The first-order valence-corrected chi connectivity index (χ1v) is 7.02. The van der Waals surface area contributed by atoms with E-state index >= 15 is 0 Å². The van der Waals surface area contributed by atoms with Crippen molar-refractivity contribution >= 4 is 0 Å². The number of nitrogens with one attached hydrogen (secondary N) is 1. The van der Waals surface area contributed by atoms with E-state index in [0.29, 0.717) is 18.1 Å². The molecule has 0 spiro atoms. The van der Waals surface area contributed by atoms with Crippen molar-refractivity contribution in [2.45, 2.75) is 71.1 Å². The molecule has 2 aliphatic rings. The lowest BCUT2D eigenvalue weighted by Gasteiger charge is -2.34. The van der Waals surface area contributed by atoms with Gasteiger partial charge in [0.1, 0.15) is 0 Å². The Morgan fingerprint density at radius 3 is 2.44 bits per heavy atom. The molecule has 1 heterocycles. The van der Waals surface area contributed by atoms with Crippen molar-refractivity contribution in [3.8, 4) is 0 Å². The molecular formula is C14H27NO. The highest BCUT2D eigenvalue weighted by Gasteiger charge is 2.28. The van der Waals surface area contributed by atoms with E-state index in [-0.39, 0.29) is 0 Å². The van der Waals surface area contributed by atoms with E-state index in [4.69, 9.17) is 4.74 Å². The number of rotatable bonds is 3. The zero-order chi connectivity index (χ0) is 11.5. The molecule has 4 unspecified atom stereocenters. The zero-order valence-electron chi connectivity index (χ0n) is 11.0. The molecule has 0 amide bonds. The summed E-state index contributed by atoms with van der Waals surface area (Å²) in [6.07, 6.45) is 7.06. The van der Waals surface area contributed by atoms with Crippen LogP contribution in [-0.4, -0.2) is 24.8 Å². The van der Waals surface area contributed by atoms with Crippen LogP contribution in [0.25, 0.3) is 0 Å². The first-order chi connectivity index (χ1) is 7.65. The zero-order valence-corrected chi connectivity index (χ0v) is 11.0. The van der Waals surface area contributed by atoms with E-state index in [2.05, 4.69) is 26.1 Å². The third-order valence-corrected chi connectivity index (χ3v) is 4.22. The molecule has 0 aromatic carbocycles. The SMILES string of the molecule is CC1CCC(NC2CCOC(C(C)C)C2)C1. The van der Waals surface area contributed by atoms with E-state index in [1.54, 1.807) is 0 Å². The topological polar surface area (TPSA) is 21.3 Å². The van der Waals surface area contributed by atoms with Gasteiger partial charge < -0.3 is 10.1 Å². The number of ether oxygens (including phenoxy) is 1. The average molecular weight is 225 g/mol. The highest BCUT2D eigenvalue weighted by Crippen LogP contribution is 2.27. The quantitative estimate of drug-likeness (QED) is 0.797. The third-order valence-electron chi connectivity index (χ3n) is 4.22. The smallest absolute Gasteiger partial charge is 0.0612 e.